The Morgan fingerprint density at radius 1 is 0.955 bits per heavy atom. The zero-order chi connectivity index (χ0) is 16.0. The molecule has 2 aromatic carbocycles. The lowest BCUT2D eigenvalue weighted by Crippen LogP contribution is -2.24. The Hall–Kier alpha value is -2.00. The number of hydrogen-bond donors (Lipinski definition) is 0. The molecule has 0 aliphatic carbocycles. The van der Waals surface area contributed by atoms with Gasteiger partial charge < -0.3 is 9.16 Å². The molecule has 2 rings (SSSR count). The van der Waals surface area contributed by atoms with Crippen LogP contribution in [0.25, 0.3) is 5.76 Å². The van der Waals surface area contributed by atoms with Gasteiger partial charge in [-0.2, -0.15) is 0 Å². The van der Waals surface area contributed by atoms with Crippen LogP contribution in [0.15, 0.2) is 60.7 Å². The van der Waals surface area contributed by atoms with Gasteiger partial charge in [0.05, 0.1) is 7.11 Å². The third kappa shape index (κ3) is 5.08. The topological polar surface area (TPSA) is 18.5 Å². The van der Waals surface area contributed by atoms with Crippen LogP contribution in [0.2, 0.25) is 19.6 Å². The van der Waals surface area contributed by atoms with E-state index in [2.05, 4.69) is 62.1 Å². The van der Waals surface area contributed by atoms with E-state index in [1.165, 1.54) is 5.56 Å². The minimum Gasteiger partial charge on any atom is -0.544 e. The molecule has 0 heterocycles. The van der Waals surface area contributed by atoms with Crippen LogP contribution in [0.1, 0.15) is 11.1 Å². The quantitative estimate of drug-likeness (QED) is 0.544. The zero-order valence-electron chi connectivity index (χ0n) is 13.8. The molecule has 22 heavy (non-hydrogen) atoms. The summed E-state index contributed by atoms with van der Waals surface area (Å²) in [5.74, 6) is 1.82. The number of ether oxygens (including phenoxy) is 1. The normalized spacial score (nSPS) is 12.1. The van der Waals surface area contributed by atoms with E-state index in [1.54, 1.807) is 7.11 Å². The smallest absolute Gasteiger partial charge is 0.242 e. The van der Waals surface area contributed by atoms with Crippen molar-refractivity contribution in [2.24, 2.45) is 0 Å². The largest absolute Gasteiger partial charge is 0.544 e. The summed E-state index contributed by atoms with van der Waals surface area (Å²) < 4.78 is 11.5. The van der Waals surface area contributed by atoms with Crippen molar-refractivity contribution in [2.45, 2.75) is 26.1 Å². The fraction of sp³-hybridized carbons (Fsp3) is 0.263. The van der Waals surface area contributed by atoms with Gasteiger partial charge in [-0.15, -0.1) is 0 Å². The highest BCUT2D eigenvalue weighted by Gasteiger charge is 2.18. The van der Waals surface area contributed by atoms with E-state index in [0.717, 1.165) is 23.5 Å². The summed E-state index contributed by atoms with van der Waals surface area (Å²) in [6, 6.07) is 18.5. The highest BCUT2D eigenvalue weighted by Crippen LogP contribution is 2.24. The number of allylic oxidation sites excluding steroid dienone is 1. The molecule has 0 unspecified atom stereocenters. The third-order valence-corrected chi connectivity index (χ3v) is 3.99. The van der Waals surface area contributed by atoms with Gasteiger partial charge in [0, 0.05) is 5.56 Å². The van der Waals surface area contributed by atoms with Gasteiger partial charge >= 0.3 is 0 Å². The van der Waals surface area contributed by atoms with E-state index in [-0.39, 0.29) is 0 Å². The second-order valence-corrected chi connectivity index (χ2v) is 10.6. The maximum Gasteiger partial charge on any atom is 0.242 e. The Kier molecular flexibility index (Phi) is 5.44. The fourth-order valence-corrected chi connectivity index (χ4v) is 2.99. The van der Waals surface area contributed by atoms with Crippen LogP contribution < -0.4 is 4.74 Å². The highest BCUT2D eigenvalue weighted by molar-refractivity contribution is 6.70. The fourth-order valence-electron chi connectivity index (χ4n) is 2.13. The van der Waals surface area contributed by atoms with Crippen LogP contribution >= 0.6 is 0 Å². The molecule has 0 saturated carbocycles. The summed E-state index contributed by atoms with van der Waals surface area (Å²) in [6.45, 7) is 6.60. The van der Waals surface area contributed by atoms with Gasteiger partial charge in [0.1, 0.15) is 11.5 Å². The van der Waals surface area contributed by atoms with Crippen molar-refractivity contribution in [3.8, 4) is 5.75 Å². The van der Waals surface area contributed by atoms with Gasteiger partial charge in [-0.1, -0.05) is 30.3 Å². The number of rotatable bonds is 6. The predicted molar refractivity (Wildman–Crippen MR) is 95.5 cm³/mol. The average Bonchev–Trinajstić information content (AvgIpc) is 2.51. The van der Waals surface area contributed by atoms with Gasteiger partial charge in [-0.25, -0.2) is 0 Å². The summed E-state index contributed by atoms with van der Waals surface area (Å²) in [6.07, 6.45) is 3.04. The molecule has 0 fully saturated rings. The summed E-state index contributed by atoms with van der Waals surface area (Å²) >= 11 is 0. The first-order chi connectivity index (χ1) is 10.5. The van der Waals surface area contributed by atoms with E-state index >= 15 is 0 Å². The minimum absolute atomic E-state index is 0.860. The second-order valence-electron chi connectivity index (χ2n) is 6.20. The minimum atomic E-state index is -1.66. The van der Waals surface area contributed by atoms with Gasteiger partial charge in [0.2, 0.25) is 8.32 Å². The molecular formula is C19H24O2Si. The maximum atomic E-state index is 6.28. The van der Waals surface area contributed by atoms with Crippen molar-refractivity contribution < 1.29 is 9.16 Å². The van der Waals surface area contributed by atoms with Crippen molar-refractivity contribution in [1.29, 1.82) is 0 Å². The molecule has 0 amide bonds. The first-order valence-electron chi connectivity index (χ1n) is 7.55. The molecule has 0 bridgehead atoms. The standard InChI is InChI=1S/C19H24O2Si/c1-20-18-13-11-17(12-14-18)19(21-22(2,3)4)15-10-16-8-6-5-7-9-16/h5-9,11-15H,10H2,1-4H3/b19-15-. The summed E-state index contributed by atoms with van der Waals surface area (Å²) in [5.41, 5.74) is 2.38. The van der Waals surface area contributed by atoms with Crippen LogP contribution in [0.5, 0.6) is 5.75 Å². The summed E-state index contributed by atoms with van der Waals surface area (Å²) in [5, 5.41) is 0. The van der Waals surface area contributed by atoms with Gasteiger partial charge in [0.25, 0.3) is 0 Å². The van der Waals surface area contributed by atoms with Gasteiger partial charge in [0.15, 0.2) is 0 Å². The lowest BCUT2D eigenvalue weighted by molar-refractivity contribution is 0.414. The first-order valence-corrected chi connectivity index (χ1v) is 11.0. The maximum absolute atomic E-state index is 6.28. The molecule has 0 saturated heterocycles. The molecule has 2 aromatic rings. The van der Waals surface area contributed by atoms with Crippen LogP contribution in [-0.4, -0.2) is 15.4 Å². The molecule has 0 aliphatic rings. The molecule has 0 aliphatic heterocycles. The Labute approximate surface area is 134 Å². The molecule has 0 aromatic heterocycles. The molecule has 116 valence electrons. The lowest BCUT2D eigenvalue weighted by atomic mass is 10.1. The lowest BCUT2D eigenvalue weighted by Gasteiger charge is -2.22. The van der Waals surface area contributed by atoms with Crippen LogP contribution in [-0.2, 0) is 10.8 Å². The molecule has 2 nitrogen and oxygen atoms in total. The summed E-state index contributed by atoms with van der Waals surface area (Å²) in [4.78, 5) is 0. The van der Waals surface area contributed by atoms with Gasteiger partial charge in [-0.05, 0) is 62.0 Å². The Morgan fingerprint density at radius 2 is 1.59 bits per heavy atom. The van der Waals surface area contributed by atoms with Crippen LogP contribution in [0.3, 0.4) is 0 Å². The third-order valence-electron chi connectivity index (χ3n) is 3.16. The predicted octanol–water partition coefficient (Wildman–Crippen LogP) is 5.13. The van der Waals surface area contributed by atoms with E-state index in [0.29, 0.717) is 0 Å². The van der Waals surface area contributed by atoms with Gasteiger partial charge in [-0.3, -0.25) is 0 Å². The number of benzene rings is 2. The first kappa shape index (κ1) is 16.4. The van der Waals surface area contributed by atoms with Crippen molar-refractivity contribution in [3.05, 3.63) is 71.8 Å². The second kappa shape index (κ2) is 7.32. The highest BCUT2D eigenvalue weighted by atomic mass is 28.4. The van der Waals surface area contributed by atoms with E-state index in [4.69, 9.17) is 9.16 Å². The Morgan fingerprint density at radius 3 is 2.14 bits per heavy atom. The van der Waals surface area contributed by atoms with Crippen molar-refractivity contribution in [1.82, 2.24) is 0 Å². The number of methoxy groups -OCH3 is 1. The monoisotopic (exact) mass is 312 g/mol. The van der Waals surface area contributed by atoms with Crippen molar-refractivity contribution in [3.63, 3.8) is 0 Å². The SMILES string of the molecule is COc1ccc(/C(=C/Cc2ccccc2)O[Si](C)(C)C)cc1. The molecular weight excluding hydrogens is 288 g/mol. The molecule has 0 N–H and O–H groups in total. The summed E-state index contributed by atoms with van der Waals surface area (Å²) in [7, 11) is 0.0176. The molecule has 0 radical (unpaired) electrons. The molecule has 3 heteroatoms. The van der Waals surface area contributed by atoms with E-state index in [1.807, 2.05) is 18.2 Å². The van der Waals surface area contributed by atoms with Crippen LogP contribution in [0.4, 0.5) is 0 Å². The van der Waals surface area contributed by atoms with E-state index in [9.17, 15) is 0 Å². The Bertz CT molecular complexity index is 610. The van der Waals surface area contributed by atoms with Crippen molar-refractivity contribution in [2.75, 3.05) is 7.11 Å². The van der Waals surface area contributed by atoms with E-state index < -0.39 is 8.32 Å². The van der Waals surface area contributed by atoms with Crippen LogP contribution in [0, 0.1) is 0 Å². The Balaban J connectivity index is 2.25. The zero-order valence-corrected chi connectivity index (χ0v) is 14.8. The van der Waals surface area contributed by atoms with Crippen molar-refractivity contribution >= 4 is 14.1 Å². The molecule has 0 spiro atoms. The molecule has 0 atom stereocenters. The average molecular weight is 312 g/mol. The number of hydrogen-bond acceptors (Lipinski definition) is 2.